The maximum absolute atomic E-state index is 13.2. The van der Waals surface area contributed by atoms with Crippen molar-refractivity contribution in [2.75, 3.05) is 16.4 Å². The Labute approximate surface area is 178 Å². The minimum absolute atomic E-state index is 0.172. The number of pyridine rings is 1. The van der Waals surface area contributed by atoms with Crippen LogP contribution in [-0.2, 0) is 12.7 Å². The Kier molecular flexibility index (Phi) is 4.61. The number of fused-ring (bicyclic) bond motifs is 1. The summed E-state index contributed by atoms with van der Waals surface area (Å²) >= 11 is 0. The molecule has 6 nitrogen and oxygen atoms in total. The van der Waals surface area contributed by atoms with Gasteiger partial charge in [0.2, 0.25) is 0 Å². The summed E-state index contributed by atoms with van der Waals surface area (Å²) < 4.78 is 58.1. The Morgan fingerprint density at radius 1 is 1.06 bits per heavy atom. The Balaban J connectivity index is 1.64. The standard InChI is InChI=1S/C22H18F3N5O/c23-22(24,25)16-4-1-2-5-18(16)29-21(31)28-17-6-3-7-19-15(17)9-11-30(19)13-14-8-10-27-20(26)12-14/h1-12H,13H2,(H2,26,27)(H2,28,29,31)/i13D2. The molecule has 2 aromatic heterocycles. The van der Waals surface area contributed by atoms with Gasteiger partial charge in [-0.1, -0.05) is 18.2 Å². The number of amides is 2. The van der Waals surface area contributed by atoms with Crippen LogP contribution in [0.25, 0.3) is 10.9 Å². The fourth-order valence-electron chi connectivity index (χ4n) is 3.15. The molecule has 31 heavy (non-hydrogen) atoms. The van der Waals surface area contributed by atoms with Crippen LogP contribution in [0.1, 0.15) is 13.9 Å². The third-order valence-corrected chi connectivity index (χ3v) is 4.49. The highest BCUT2D eigenvalue weighted by Crippen LogP contribution is 2.34. The van der Waals surface area contributed by atoms with Gasteiger partial charge in [0.05, 0.1) is 25.2 Å². The monoisotopic (exact) mass is 427 g/mol. The molecule has 0 saturated heterocycles. The number of hydrogen-bond acceptors (Lipinski definition) is 3. The van der Waals surface area contributed by atoms with Crippen LogP contribution in [-0.4, -0.2) is 15.6 Å². The van der Waals surface area contributed by atoms with Crippen molar-refractivity contribution in [2.45, 2.75) is 12.7 Å². The molecule has 0 aliphatic heterocycles. The quantitative estimate of drug-likeness (QED) is 0.412. The summed E-state index contributed by atoms with van der Waals surface area (Å²) in [5.74, 6) is 0.172. The number of nitrogen functional groups attached to an aromatic ring is 1. The minimum atomic E-state index is -4.62. The van der Waals surface area contributed by atoms with Gasteiger partial charge >= 0.3 is 12.2 Å². The summed E-state index contributed by atoms with van der Waals surface area (Å²) in [7, 11) is 0. The Morgan fingerprint density at radius 3 is 2.58 bits per heavy atom. The van der Waals surface area contributed by atoms with Crippen molar-refractivity contribution in [3.8, 4) is 0 Å². The van der Waals surface area contributed by atoms with Gasteiger partial charge in [-0.15, -0.1) is 0 Å². The van der Waals surface area contributed by atoms with Crippen molar-refractivity contribution in [3.63, 3.8) is 0 Å². The molecular weight excluding hydrogens is 407 g/mol. The molecule has 0 spiro atoms. The van der Waals surface area contributed by atoms with Crippen LogP contribution in [0, 0.1) is 0 Å². The molecule has 0 atom stereocenters. The van der Waals surface area contributed by atoms with Gasteiger partial charge in [-0.2, -0.15) is 13.2 Å². The molecule has 0 bridgehead atoms. The lowest BCUT2D eigenvalue weighted by Gasteiger charge is -2.14. The third-order valence-electron chi connectivity index (χ3n) is 4.49. The van der Waals surface area contributed by atoms with Gasteiger partial charge in [-0.05, 0) is 48.0 Å². The zero-order valence-electron chi connectivity index (χ0n) is 17.9. The van der Waals surface area contributed by atoms with Crippen molar-refractivity contribution in [2.24, 2.45) is 0 Å². The predicted octanol–water partition coefficient (Wildman–Crippen LogP) is 5.33. The number of nitrogens with one attached hydrogen (secondary N) is 2. The number of para-hydroxylation sites is 1. The second-order valence-corrected chi connectivity index (χ2v) is 6.63. The lowest BCUT2D eigenvalue weighted by Crippen LogP contribution is -2.21. The molecule has 2 heterocycles. The first kappa shape index (κ1) is 17.8. The molecular formula is C22H18F3N5O. The zero-order valence-corrected chi connectivity index (χ0v) is 15.9. The fraction of sp³-hybridized carbons (Fsp3) is 0.0909. The Hall–Kier alpha value is -4.01. The number of carbonyl (C=O) groups is 1. The normalized spacial score (nSPS) is 12.9. The van der Waals surface area contributed by atoms with Crippen molar-refractivity contribution >= 4 is 34.1 Å². The number of nitrogens with two attached hydrogens (primary N) is 1. The van der Waals surface area contributed by atoms with E-state index in [-0.39, 0.29) is 17.1 Å². The second kappa shape index (κ2) is 8.02. The van der Waals surface area contributed by atoms with Crippen LogP contribution in [0.4, 0.5) is 35.2 Å². The van der Waals surface area contributed by atoms with Crippen LogP contribution in [0.3, 0.4) is 0 Å². The van der Waals surface area contributed by atoms with Crippen LogP contribution >= 0.6 is 0 Å². The maximum atomic E-state index is 13.2. The first-order valence-corrected chi connectivity index (χ1v) is 9.14. The molecule has 2 amide bonds. The highest BCUT2D eigenvalue weighted by Gasteiger charge is 2.33. The summed E-state index contributed by atoms with van der Waals surface area (Å²) in [5.41, 5.74) is 5.40. The van der Waals surface area contributed by atoms with Crippen LogP contribution in [0.15, 0.2) is 73.1 Å². The minimum Gasteiger partial charge on any atom is -0.384 e. The van der Waals surface area contributed by atoms with Gasteiger partial charge in [0.15, 0.2) is 0 Å². The van der Waals surface area contributed by atoms with Gasteiger partial charge in [0.1, 0.15) is 5.82 Å². The number of hydrogen-bond donors (Lipinski definition) is 3. The molecule has 0 saturated carbocycles. The van der Waals surface area contributed by atoms with Crippen molar-refractivity contribution in [1.29, 1.82) is 0 Å². The van der Waals surface area contributed by atoms with E-state index in [1.54, 1.807) is 24.3 Å². The first-order chi connectivity index (χ1) is 15.6. The SMILES string of the molecule is [2H]C([2H])(c1ccnc(N)c1)n1ccc2c(NC(=O)Nc3ccccc3C(F)(F)F)cccc21. The molecule has 9 heteroatoms. The third kappa shape index (κ3) is 4.45. The largest absolute Gasteiger partial charge is 0.418 e. The van der Waals surface area contributed by atoms with E-state index in [0.717, 1.165) is 12.1 Å². The number of alkyl halides is 3. The van der Waals surface area contributed by atoms with Crippen LogP contribution < -0.4 is 16.4 Å². The number of urea groups is 1. The van der Waals surface area contributed by atoms with Gasteiger partial charge < -0.3 is 20.9 Å². The molecule has 0 aliphatic carbocycles. The number of anilines is 3. The average Bonchev–Trinajstić information content (AvgIpc) is 3.19. The summed E-state index contributed by atoms with van der Waals surface area (Å²) in [5, 5.41) is 5.27. The van der Waals surface area contributed by atoms with Gasteiger partial charge in [-0.25, -0.2) is 9.78 Å². The van der Waals surface area contributed by atoms with Gasteiger partial charge in [0, 0.05) is 24.3 Å². The topological polar surface area (TPSA) is 85.0 Å². The van der Waals surface area contributed by atoms with E-state index < -0.39 is 24.3 Å². The van der Waals surface area contributed by atoms with Crippen molar-refractivity contribution in [1.82, 2.24) is 9.55 Å². The number of halogens is 3. The van der Waals surface area contributed by atoms with Gasteiger partial charge in [-0.3, -0.25) is 0 Å². The smallest absolute Gasteiger partial charge is 0.384 e. The number of benzene rings is 2. The molecule has 158 valence electrons. The molecule has 4 rings (SSSR count). The van der Waals surface area contributed by atoms with Gasteiger partial charge in [0.25, 0.3) is 0 Å². The molecule has 4 N–H and O–H groups in total. The van der Waals surface area contributed by atoms with Crippen LogP contribution in [0.2, 0.25) is 0 Å². The predicted molar refractivity (Wildman–Crippen MR) is 114 cm³/mol. The summed E-state index contributed by atoms with van der Waals surface area (Å²) in [4.78, 5) is 16.4. The first-order valence-electron chi connectivity index (χ1n) is 10.1. The number of carbonyl (C=O) groups excluding carboxylic acids is 1. The summed E-state index contributed by atoms with van der Waals surface area (Å²) in [6.07, 6.45) is -1.70. The van der Waals surface area contributed by atoms with E-state index in [1.165, 1.54) is 41.2 Å². The lowest BCUT2D eigenvalue weighted by molar-refractivity contribution is -0.136. The van der Waals surface area contributed by atoms with E-state index >= 15 is 0 Å². The zero-order chi connectivity index (χ0) is 23.8. The number of nitrogens with zero attached hydrogens (tertiary/aromatic N) is 2. The fourth-order valence-corrected chi connectivity index (χ4v) is 3.15. The number of rotatable bonds is 4. The summed E-state index contributed by atoms with van der Waals surface area (Å²) in [6.45, 7) is -1.98. The molecule has 0 unspecified atom stereocenters. The van der Waals surface area contributed by atoms with Crippen LogP contribution in [0.5, 0.6) is 0 Å². The molecule has 0 aliphatic rings. The van der Waals surface area contributed by atoms with E-state index in [2.05, 4.69) is 15.6 Å². The molecule has 4 aromatic rings. The summed E-state index contributed by atoms with van der Waals surface area (Å²) in [6, 6.07) is 13.2. The van der Waals surface area contributed by atoms with E-state index in [9.17, 15) is 18.0 Å². The highest BCUT2D eigenvalue weighted by molar-refractivity contribution is 6.06. The lowest BCUT2D eigenvalue weighted by atomic mass is 10.1. The number of aromatic nitrogens is 2. The highest BCUT2D eigenvalue weighted by atomic mass is 19.4. The van der Waals surface area contributed by atoms with Crippen molar-refractivity contribution in [3.05, 3.63) is 84.2 Å². The Morgan fingerprint density at radius 2 is 1.81 bits per heavy atom. The maximum Gasteiger partial charge on any atom is 0.418 e. The molecule has 2 aromatic carbocycles. The van der Waals surface area contributed by atoms with E-state index in [4.69, 9.17) is 8.48 Å². The van der Waals surface area contributed by atoms with Crippen molar-refractivity contribution < 1.29 is 20.7 Å². The Bertz CT molecular complexity index is 1340. The molecule has 0 fully saturated rings. The molecule has 0 radical (unpaired) electrons. The second-order valence-electron chi connectivity index (χ2n) is 6.63. The van der Waals surface area contributed by atoms with E-state index in [0.29, 0.717) is 16.6 Å². The average molecular weight is 427 g/mol. The van der Waals surface area contributed by atoms with E-state index in [1.807, 2.05) is 0 Å².